The number of hydrogen-bond acceptors (Lipinski definition) is 15. The van der Waals surface area contributed by atoms with Gasteiger partial charge < -0.3 is 81.6 Å². The second-order valence-electron chi connectivity index (χ2n) is 25.2. The Morgan fingerprint density at radius 3 is 1.26 bits per heavy atom. The Bertz CT molecular complexity index is 2580. The first-order chi connectivity index (χ1) is 42.3. The van der Waals surface area contributed by atoms with E-state index >= 15 is 0 Å². The van der Waals surface area contributed by atoms with Crippen LogP contribution in [0.4, 0.5) is 0 Å². The van der Waals surface area contributed by atoms with Crippen molar-refractivity contribution in [1.82, 2.24) is 47.9 Å². The molecule has 0 aliphatic heterocycles. The highest BCUT2D eigenvalue weighted by Crippen LogP contribution is 2.28. The summed E-state index contributed by atoms with van der Waals surface area (Å²) in [6.07, 6.45) is 6.86. The van der Waals surface area contributed by atoms with Gasteiger partial charge >= 0.3 is 0 Å². The predicted molar refractivity (Wildman–Crippen MR) is 343 cm³/mol. The summed E-state index contributed by atoms with van der Waals surface area (Å²) in [5.74, 6) is -7.30. The molecule has 10 atom stereocenters. The minimum atomic E-state index is -1.64. The first kappa shape index (κ1) is 76.4. The van der Waals surface area contributed by atoms with Gasteiger partial charge in [-0.2, -0.15) is 0 Å². The molecule has 0 spiro atoms. The van der Waals surface area contributed by atoms with Crippen molar-refractivity contribution >= 4 is 69.8 Å². The van der Waals surface area contributed by atoms with E-state index in [9.17, 15) is 53.1 Å². The summed E-state index contributed by atoms with van der Waals surface area (Å²) in [5.41, 5.74) is 29.6. The third-order valence-corrected chi connectivity index (χ3v) is 15.9. The van der Waals surface area contributed by atoms with E-state index in [0.717, 1.165) is 42.9 Å². The maximum atomic E-state index is 14.9. The highest BCUT2D eigenvalue weighted by Gasteiger charge is 2.37. The van der Waals surface area contributed by atoms with E-state index in [-0.39, 0.29) is 94.8 Å². The van der Waals surface area contributed by atoms with Gasteiger partial charge in [-0.05, 0) is 150 Å². The first-order valence-electron chi connectivity index (χ1n) is 32.3. The number of hydrogen-bond donors (Lipinski definition) is 15. The molecule has 25 nitrogen and oxygen atoms in total. The van der Waals surface area contributed by atoms with Crippen LogP contribution in [0.5, 0.6) is 0 Å². The predicted octanol–water partition coefficient (Wildman–Crippen LogP) is 1.07. The fourth-order valence-electron chi connectivity index (χ4n) is 11.0. The molecule has 25 heteroatoms. The zero-order chi connectivity index (χ0) is 66.2. The molecule has 3 rings (SSSR count). The van der Waals surface area contributed by atoms with Gasteiger partial charge in [-0.25, -0.2) is 0 Å². The normalized spacial score (nSPS) is 16.1. The van der Waals surface area contributed by atoms with Crippen LogP contribution in [0.15, 0.2) is 42.5 Å². The number of aliphatic hydroxyl groups is 1. The van der Waals surface area contributed by atoms with Crippen LogP contribution in [0.1, 0.15) is 170 Å². The number of aliphatic hydroxyl groups excluding tert-OH is 1. The summed E-state index contributed by atoms with van der Waals surface area (Å²) in [7, 11) is 0. The third kappa shape index (κ3) is 28.3. The summed E-state index contributed by atoms with van der Waals surface area (Å²) in [6, 6.07) is 1.87. The van der Waals surface area contributed by atoms with E-state index < -0.39 is 120 Å². The fraction of sp³-hybridized carbons (Fsp3) is 0.688. The van der Waals surface area contributed by atoms with Crippen molar-refractivity contribution in [1.29, 1.82) is 0 Å². The molecule has 0 unspecified atom stereocenters. The van der Waals surface area contributed by atoms with Gasteiger partial charge in [0.2, 0.25) is 59.1 Å². The average molecular weight is 1250 g/mol. The molecular weight excluding hydrogens is 1140 g/mol. The van der Waals surface area contributed by atoms with Crippen molar-refractivity contribution < 1.29 is 53.1 Å². The van der Waals surface area contributed by atoms with Crippen LogP contribution in [0, 0.1) is 23.7 Å². The molecule has 2 aromatic rings. The number of carbonyl (C=O) groups is 10. The lowest BCUT2D eigenvalue weighted by Crippen LogP contribution is -2.62. The highest BCUT2D eigenvalue weighted by atomic mass is 16.3. The number of unbranched alkanes of at least 4 members (excludes halogenated alkanes) is 3. The number of primary amides is 1. The van der Waals surface area contributed by atoms with Crippen molar-refractivity contribution in [2.75, 3.05) is 26.2 Å². The van der Waals surface area contributed by atoms with Crippen LogP contribution in [0.25, 0.3) is 10.8 Å². The van der Waals surface area contributed by atoms with Gasteiger partial charge in [0.15, 0.2) is 0 Å². The zero-order valence-corrected chi connectivity index (χ0v) is 53.8. The van der Waals surface area contributed by atoms with E-state index in [1.807, 2.05) is 77.9 Å². The Labute approximate surface area is 526 Å². The summed E-state index contributed by atoms with van der Waals surface area (Å²) >= 11 is 0. The van der Waals surface area contributed by atoms with Crippen molar-refractivity contribution in [2.45, 2.75) is 231 Å². The Morgan fingerprint density at radius 1 is 0.449 bits per heavy atom. The lowest BCUT2D eigenvalue weighted by atomic mass is 9.84. The molecule has 10 amide bonds. The number of nitrogens with one attached hydrogen (secondary N) is 9. The van der Waals surface area contributed by atoms with Gasteiger partial charge in [-0.1, -0.05) is 116 Å². The Morgan fingerprint density at radius 2 is 0.831 bits per heavy atom. The number of rotatable bonds is 42. The average Bonchev–Trinajstić information content (AvgIpc) is 3.32. The number of nitrogens with two attached hydrogens (primary N) is 5. The molecule has 1 fully saturated rings. The molecule has 89 heavy (non-hydrogen) atoms. The third-order valence-electron chi connectivity index (χ3n) is 15.9. The molecule has 1 aliphatic carbocycles. The summed E-state index contributed by atoms with van der Waals surface area (Å²) < 4.78 is 0. The van der Waals surface area contributed by atoms with Crippen molar-refractivity contribution in [3.63, 3.8) is 0 Å². The van der Waals surface area contributed by atoms with Crippen LogP contribution in [0.3, 0.4) is 0 Å². The molecule has 0 heterocycles. The van der Waals surface area contributed by atoms with Crippen LogP contribution in [-0.2, 0) is 54.4 Å². The van der Waals surface area contributed by atoms with Crippen LogP contribution >= 0.6 is 0 Å². The SMILES string of the molecule is CC(C)C[C@H](NC(=O)CN)C(=O)N[C@@H](CC(C)C)C(=O)N[C@@H](CCCCN)C(=O)N[C@@H](CCCCN)C(=O)N[C@@H](Cc1ccc2ccccc2c1)C(=O)N[C@@H](CCCCN)C(=O)N[C@H](C(=O)N[C@@H](CC(C)C)C(=O)N[C@@H](CC1CCCCC1)C(N)=O)[C@@H](C)O. The molecule has 0 aromatic heterocycles. The zero-order valence-electron chi connectivity index (χ0n) is 53.8. The van der Waals surface area contributed by atoms with Crippen LogP contribution in [0.2, 0.25) is 0 Å². The monoisotopic (exact) mass is 1250 g/mol. The second kappa shape index (κ2) is 40.8. The Hall–Kier alpha value is -6.80. The van der Waals surface area contributed by atoms with Gasteiger partial charge in [0.05, 0.1) is 12.6 Å². The van der Waals surface area contributed by atoms with Crippen molar-refractivity contribution in [3.05, 3.63) is 48.0 Å². The lowest BCUT2D eigenvalue weighted by Gasteiger charge is -2.30. The van der Waals surface area contributed by atoms with Crippen LogP contribution in [-0.4, -0.2) is 151 Å². The van der Waals surface area contributed by atoms with E-state index in [0.29, 0.717) is 50.5 Å². The Balaban J connectivity index is 2.01. The largest absolute Gasteiger partial charge is 0.391 e. The van der Waals surface area contributed by atoms with Crippen molar-refractivity contribution in [3.8, 4) is 0 Å². The van der Waals surface area contributed by atoms with Gasteiger partial charge in [0, 0.05) is 6.42 Å². The van der Waals surface area contributed by atoms with Crippen molar-refractivity contribution in [2.24, 2.45) is 52.3 Å². The summed E-state index contributed by atoms with van der Waals surface area (Å²) in [4.78, 5) is 140. The summed E-state index contributed by atoms with van der Waals surface area (Å²) in [6.45, 7) is 12.9. The van der Waals surface area contributed by atoms with E-state index in [1.54, 1.807) is 6.07 Å². The number of amides is 10. The summed E-state index contributed by atoms with van der Waals surface area (Å²) in [5, 5.41) is 37.5. The maximum absolute atomic E-state index is 14.9. The van der Waals surface area contributed by atoms with Gasteiger partial charge in [-0.15, -0.1) is 0 Å². The minimum Gasteiger partial charge on any atom is -0.391 e. The van der Waals surface area contributed by atoms with Crippen LogP contribution < -0.4 is 76.5 Å². The molecule has 0 bridgehead atoms. The smallest absolute Gasteiger partial charge is 0.245 e. The van der Waals surface area contributed by atoms with Gasteiger partial charge in [0.25, 0.3) is 0 Å². The highest BCUT2D eigenvalue weighted by molar-refractivity contribution is 5.99. The standard InChI is InChI=1S/C64H108N14O11/c1-38(2)31-50(70-54(80)37-68)60(85)75-51(32-39(3)4)61(86)72-46(23-13-16-28-65)57(82)71-47(24-14-17-29-66)58(83)76-53(36-43-26-27-44-21-11-12-22-45(44)34-43)63(88)73-48(25-15-18-30-67)59(84)78-55(41(7)79)64(89)77-52(33-40(5)6)62(87)74-49(56(69)81)35-42-19-9-8-10-20-42/h11-12,21-22,26-27,34,38-42,46-53,55,79H,8-10,13-20,23-25,28-33,35-37,65-68H2,1-7H3,(H2,69,81)(H,70,80)(H,71,82)(H,72,86)(H,73,88)(H,74,87)(H,75,85)(H,76,83)(H,77,89)(H,78,84)/t41-,46+,47+,48+,49+,50+,51+,52+,53+,55+/m1/s1. The molecule has 20 N–H and O–H groups in total. The molecule has 1 aliphatic rings. The second-order valence-corrected chi connectivity index (χ2v) is 25.2. The topological polar surface area (TPSA) is 429 Å². The number of carbonyl (C=O) groups excluding carboxylic acids is 10. The number of benzene rings is 2. The molecule has 500 valence electrons. The first-order valence-corrected chi connectivity index (χ1v) is 32.3. The quantitative estimate of drug-likeness (QED) is 0.0414. The fourth-order valence-corrected chi connectivity index (χ4v) is 11.0. The van der Waals surface area contributed by atoms with Gasteiger partial charge in [0.1, 0.15) is 54.4 Å². The molecule has 2 aromatic carbocycles. The molecule has 1 saturated carbocycles. The maximum Gasteiger partial charge on any atom is 0.245 e. The molecule has 0 saturated heterocycles. The van der Waals surface area contributed by atoms with Gasteiger partial charge in [-0.3, -0.25) is 47.9 Å². The molecular formula is C64H108N14O11. The minimum absolute atomic E-state index is 0.00750. The molecule has 0 radical (unpaired) electrons. The van der Waals surface area contributed by atoms with E-state index in [1.165, 1.54) is 6.92 Å². The van der Waals surface area contributed by atoms with E-state index in [2.05, 4.69) is 47.9 Å². The lowest BCUT2D eigenvalue weighted by molar-refractivity contribution is -0.137. The Kier molecular flexibility index (Phi) is 35.0. The van der Waals surface area contributed by atoms with E-state index in [4.69, 9.17) is 28.7 Å². The number of fused-ring (bicyclic) bond motifs is 1.